The van der Waals surface area contributed by atoms with Gasteiger partial charge < -0.3 is 9.42 Å². The van der Waals surface area contributed by atoms with Crippen molar-refractivity contribution >= 4 is 19.1 Å². The molecule has 2 unspecified atom stereocenters. The molecule has 0 aliphatic rings. The van der Waals surface area contributed by atoms with Gasteiger partial charge in [-0.25, -0.2) is 0 Å². The van der Waals surface area contributed by atoms with Gasteiger partial charge in [-0.1, -0.05) is 49.4 Å². The minimum absolute atomic E-state index is 0.142. The molecular formula is C16H21O2P. The van der Waals surface area contributed by atoms with Crippen LogP contribution in [0.3, 0.4) is 0 Å². The van der Waals surface area contributed by atoms with Crippen molar-refractivity contribution < 1.29 is 9.42 Å². The molecule has 2 rings (SSSR count). The van der Waals surface area contributed by atoms with Crippen LogP contribution in [0, 0.1) is 0 Å². The lowest BCUT2D eigenvalue weighted by Gasteiger charge is -2.16. The summed E-state index contributed by atoms with van der Waals surface area (Å²) >= 11 is 0. The molecule has 3 heteroatoms. The number of hydrogen-bond donors (Lipinski definition) is 1. The Hall–Kier alpha value is -0.950. The largest absolute Gasteiger partial charge is 0.350 e. The number of fused-ring (bicyclic) bond motifs is 1. The van der Waals surface area contributed by atoms with E-state index >= 15 is 0 Å². The third-order valence-corrected chi connectivity index (χ3v) is 4.54. The van der Waals surface area contributed by atoms with Crippen LogP contribution in [0.1, 0.15) is 25.8 Å². The fourth-order valence-electron chi connectivity index (χ4n) is 2.06. The highest BCUT2D eigenvalue weighted by atomic mass is 31.2. The number of benzene rings is 2. The van der Waals surface area contributed by atoms with Gasteiger partial charge in [0.25, 0.3) is 0 Å². The van der Waals surface area contributed by atoms with E-state index in [2.05, 4.69) is 49.4 Å². The predicted molar refractivity (Wildman–Crippen MR) is 82.5 cm³/mol. The molecule has 0 aliphatic carbocycles. The van der Waals surface area contributed by atoms with Crippen molar-refractivity contribution in [3.05, 3.63) is 48.0 Å². The maximum Gasteiger partial charge on any atom is 0.168 e. The maximum atomic E-state index is 9.93. The molecule has 2 aromatic rings. The van der Waals surface area contributed by atoms with Gasteiger partial charge in [-0.05, 0) is 36.1 Å². The molecule has 0 saturated heterocycles. The highest BCUT2D eigenvalue weighted by Gasteiger charge is 2.10. The first-order chi connectivity index (χ1) is 9.20. The van der Waals surface area contributed by atoms with Crippen molar-refractivity contribution in [1.29, 1.82) is 0 Å². The average Bonchev–Trinajstić information content (AvgIpc) is 2.44. The average molecular weight is 276 g/mol. The summed E-state index contributed by atoms with van der Waals surface area (Å²) in [7, 11) is -1.30. The molecule has 0 spiro atoms. The molecule has 2 aromatic carbocycles. The van der Waals surface area contributed by atoms with Crippen molar-refractivity contribution in [1.82, 2.24) is 0 Å². The second kappa shape index (κ2) is 7.00. The van der Waals surface area contributed by atoms with Crippen LogP contribution in [-0.4, -0.2) is 17.2 Å². The highest BCUT2D eigenvalue weighted by molar-refractivity contribution is 7.46. The van der Waals surface area contributed by atoms with E-state index in [4.69, 9.17) is 4.52 Å². The van der Waals surface area contributed by atoms with E-state index in [1.807, 2.05) is 6.92 Å². The Labute approximate surface area is 116 Å². The molecule has 0 aromatic heterocycles. The van der Waals surface area contributed by atoms with Crippen LogP contribution in [0.5, 0.6) is 0 Å². The first-order valence-electron chi connectivity index (χ1n) is 6.80. The van der Waals surface area contributed by atoms with Gasteiger partial charge in [0.1, 0.15) is 0 Å². The van der Waals surface area contributed by atoms with Crippen LogP contribution in [0.4, 0.5) is 0 Å². The standard InChI is InChI=1S/C16H21O2P/c1-3-13(2)18-19(17)12-11-15-9-6-8-14-7-4-5-10-16(14)15/h4-10,13,17H,3,11-12H2,1-2H3. The topological polar surface area (TPSA) is 29.5 Å². The molecule has 0 bridgehead atoms. The number of hydrogen-bond acceptors (Lipinski definition) is 2. The van der Waals surface area contributed by atoms with Crippen molar-refractivity contribution in [2.24, 2.45) is 0 Å². The summed E-state index contributed by atoms with van der Waals surface area (Å²) in [5.41, 5.74) is 1.28. The molecule has 19 heavy (non-hydrogen) atoms. The molecule has 0 amide bonds. The van der Waals surface area contributed by atoms with E-state index in [1.54, 1.807) is 0 Å². The monoisotopic (exact) mass is 276 g/mol. The minimum Gasteiger partial charge on any atom is -0.350 e. The van der Waals surface area contributed by atoms with Crippen LogP contribution in [-0.2, 0) is 10.9 Å². The predicted octanol–water partition coefficient (Wildman–Crippen LogP) is 4.50. The van der Waals surface area contributed by atoms with Gasteiger partial charge >= 0.3 is 0 Å². The molecule has 0 saturated carbocycles. The van der Waals surface area contributed by atoms with E-state index in [0.29, 0.717) is 6.16 Å². The van der Waals surface area contributed by atoms with Crippen LogP contribution in [0.25, 0.3) is 10.8 Å². The zero-order valence-corrected chi connectivity index (χ0v) is 12.4. The summed E-state index contributed by atoms with van der Waals surface area (Å²) in [5, 5.41) is 2.53. The third kappa shape index (κ3) is 4.01. The SMILES string of the molecule is CCC(C)OP(O)CCc1cccc2ccccc12. The molecule has 0 fully saturated rings. The van der Waals surface area contributed by atoms with E-state index in [1.165, 1.54) is 16.3 Å². The normalized spacial score (nSPS) is 14.5. The summed E-state index contributed by atoms with van der Waals surface area (Å²) in [6, 6.07) is 14.7. The molecule has 102 valence electrons. The third-order valence-electron chi connectivity index (χ3n) is 3.33. The van der Waals surface area contributed by atoms with E-state index < -0.39 is 8.38 Å². The highest BCUT2D eigenvalue weighted by Crippen LogP contribution is 2.35. The fourth-order valence-corrected chi connectivity index (χ4v) is 3.16. The molecule has 0 heterocycles. The lowest BCUT2D eigenvalue weighted by atomic mass is 10.0. The summed E-state index contributed by atoms with van der Waals surface area (Å²) in [6.07, 6.45) is 2.64. The first-order valence-corrected chi connectivity index (χ1v) is 8.20. The van der Waals surface area contributed by atoms with Crippen LogP contribution in [0.2, 0.25) is 0 Å². The van der Waals surface area contributed by atoms with Gasteiger partial charge in [-0.3, -0.25) is 0 Å². The van der Waals surface area contributed by atoms with E-state index in [0.717, 1.165) is 12.8 Å². The van der Waals surface area contributed by atoms with Crippen LogP contribution >= 0.6 is 8.38 Å². The Morgan fingerprint density at radius 1 is 1.16 bits per heavy atom. The van der Waals surface area contributed by atoms with Gasteiger partial charge in [0, 0.05) is 6.16 Å². The summed E-state index contributed by atoms with van der Waals surface area (Å²) in [6.45, 7) is 4.07. The summed E-state index contributed by atoms with van der Waals surface area (Å²) < 4.78 is 5.55. The minimum atomic E-state index is -1.30. The second-order valence-electron chi connectivity index (χ2n) is 4.79. The molecule has 2 nitrogen and oxygen atoms in total. The number of rotatable bonds is 6. The van der Waals surface area contributed by atoms with Crippen LogP contribution < -0.4 is 0 Å². The first kappa shape index (κ1) is 14.5. The summed E-state index contributed by atoms with van der Waals surface area (Å²) in [5.74, 6) is 0. The second-order valence-corrected chi connectivity index (χ2v) is 6.15. The molecule has 1 N–H and O–H groups in total. The lowest BCUT2D eigenvalue weighted by Crippen LogP contribution is -2.04. The van der Waals surface area contributed by atoms with Crippen molar-refractivity contribution in [2.75, 3.05) is 6.16 Å². The van der Waals surface area contributed by atoms with Gasteiger partial charge in [-0.2, -0.15) is 0 Å². The number of aryl methyl sites for hydroxylation is 1. The molecule has 0 radical (unpaired) electrons. The van der Waals surface area contributed by atoms with Gasteiger partial charge in [0.05, 0.1) is 6.10 Å². The van der Waals surface area contributed by atoms with Crippen molar-refractivity contribution in [3.63, 3.8) is 0 Å². The maximum absolute atomic E-state index is 9.93. The molecule has 0 aliphatic heterocycles. The Morgan fingerprint density at radius 2 is 1.89 bits per heavy atom. The Kier molecular flexibility index (Phi) is 5.33. The van der Waals surface area contributed by atoms with Gasteiger partial charge in [0.2, 0.25) is 0 Å². The van der Waals surface area contributed by atoms with E-state index in [-0.39, 0.29) is 6.10 Å². The molecule has 2 atom stereocenters. The smallest absolute Gasteiger partial charge is 0.168 e. The summed E-state index contributed by atoms with van der Waals surface area (Å²) in [4.78, 5) is 9.93. The zero-order chi connectivity index (χ0) is 13.7. The molecular weight excluding hydrogens is 255 g/mol. The fraction of sp³-hybridized carbons (Fsp3) is 0.375. The zero-order valence-electron chi connectivity index (χ0n) is 11.5. The quantitative estimate of drug-likeness (QED) is 0.787. The Morgan fingerprint density at radius 3 is 2.68 bits per heavy atom. The van der Waals surface area contributed by atoms with Crippen LogP contribution in [0.15, 0.2) is 42.5 Å². The van der Waals surface area contributed by atoms with Crippen molar-refractivity contribution in [3.8, 4) is 0 Å². The Balaban J connectivity index is 2.02. The van der Waals surface area contributed by atoms with Gasteiger partial charge in [0.15, 0.2) is 8.38 Å². The van der Waals surface area contributed by atoms with Gasteiger partial charge in [-0.15, -0.1) is 0 Å². The lowest BCUT2D eigenvalue weighted by molar-refractivity contribution is 0.217. The Bertz CT molecular complexity index is 522. The van der Waals surface area contributed by atoms with E-state index in [9.17, 15) is 4.89 Å². The van der Waals surface area contributed by atoms with Crippen molar-refractivity contribution in [2.45, 2.75) is 32.8 Å².